The molecule has 0 bridgehead atoms. The molecule has 1 rings (SSSR count). The summed E-state index contributed by atoms with van der Waals surface area (Å²) in [5.74, 6) is 0.262. The number of benzene rings is 1. The smallest absolute Gasteiger partial charge is 0.411 e. The second-order valence-electron chi connectivity index (χ2n) is 3.92. The van der Waals surface area contributed by atoms with Crippen LogP contribution < -0.4 is 5.32 Å². The van der Waals surface area contributed by atoms with Gasteiger partial charge in [0.05, 0.1) is 11.5 Å². The highest BCUT2D eigenvalue weighted by molar-refractivity contribution is 5.84. The van der Waals surface area contributed by atoms with Gasteiger partial charge in [0, 0.05) is 17.8 Å². The van der Waals surface area contributed by atoms with Crippen molar-refractivity contribution in [2.24, 2.45) is 5.92 Å². The van der Waals surface area contributed by atoms with Crippen molar-refractivity contribution in [2.75, 3.05) is 11.9 Å². The Kier molecular flexibility index (Phi) is 4.45. The fourth-order valence-corrected chi connectivity index (χ4v) is 1.06. The van der Waals surface area contributed by atoms with Crippen molar-refractivity contribution in [3.05, 3.63) is 34.4 Å². The van der Waals surface area contributed by atoms with Crippen LogP contribution in [0.15, 0.2) is 24.3 Å². The summed E-state index contributed by atoms with van der Waals surface area (Å²) in [7, 11) is 0. The van der Waals surface area contributed by atoms with Gasteiger partial charge in [-0.05, 0) is 18.1 Å². The predicted octanol–water partition coefficient (Wildman–Crippen LogP) is 2.80. The van der Waals surface area contributed by atoms with Crippen molar-refractivity contribution in [2.45, 2.75) is 13.8 Å². The Morgan fingerprint density at radius 1 is 1.41 bits per heavy atom. The van der Waals surface area contributed by atoms with Crippen LogP contribution >= 0.6 is 0 Å². The molecule has 0 aromatic heterocycles. The molecule has 1 N–H and O–H groups in total. The first-order chi connectivity index (χ1) is 7.99. The highest BCUT2D eigenvalue weighted by Gasteiger charge is 2.07. The number of hydrogen-bond acceptors (Lipinski definition) is 4. The lowest BCUT2D eigenvalue weighted by Gasteiger charge is -2.08. The molecule has 0 spiro atoms. The number of non-ortho nitro benzene ring substituents is 1. The van der Waals surface area contributed by atoms with Crippen LogP contribution in [0.1, 0.15) is 13.8 Å². The highest BCUT2D eigenvalue weighted by Crippen LogP contribution is 2.15. The maximum Gasteiger partial charge on any atom is 0.411 e. The van der Waals surface area contributed by atoms with Gasteiger partial charge in [-0.15, -0.1) is 0 Å². The van der Waals surface area contributed by atoms with Crippen molar-refractivity contribution >= 4 is 17.5 Å². The van der Waals surface area contributed by atoms with E-state index in [9.17, 15) is 14.9 Å². The highest BCUT2D eigenvalue weighted by atomic mass is 16.6. The Morgan fingerprint density at radius 3 is 2.47 bits per heavy atom. The Bertz CT molecular complexity index is 400. The molecule has 0 aliphatic rings. The van der Waals surface area contributed by atoms with Crippen LogP contribution in [-0.4, -0.2) is 17.6 Å². The maximum atomic E-state index is 11.3. The molecule has 6 heteroatoms. The topological polar surface area (TPSA) is 81.5 Å². The molecule has 0 fully saturated rings. The molecule has 0 aliphatic heterocycles. The van der Waals surface area contributed by atoms with Gasteiger partial charge in [-0.2, -0.15) is 0 Å². The van der Waals surface area contributed by atoms with E-state index in [0.29, 0.717) is 12.3 Å². The lowest BCUT2D eigenvalue weighted by atomic mass is 10.2. The van der Waals surface area contributed by atoms with Crippen LogP contribution in [0.25, 0.3) is 0 Å². The zero-order valence-electron chi connectivity index (χ0n) is 9.67. The summed E-state index contributed by atoms with van der Waals surface area (Å²) in [5.41, 5.74) is 0.440. The van der Waals surface area contributed by atoms with Crippen LogP contribution in [0.2, 0.25) is 0 Å². The van der Waals surface area contributed by atoms with E-state index in [1.807, 2.05) is 13.8 Å². The van der Waals surface area contributed by atoms with E-state index in [1.165, 1.54) is 24.3 Å². The molecule has 0 radical (unpaired) electrons. The first-order valence-corrected chi connectivity index (χ1v) is 5.17. The average molecular weight is 238 g/mol. The van der Waals surface area contributed by atoms with Gasteiger partial charge in [-0.25, -0.2) is 4.79 Å². The number of amides is 1. The molecule has 1 amide bonds. The summed E-state index contributed by atoms with van der Waals surface area (Å²) in [6.07, 6.45) is -0.562. The maximum absolute atomic E-state index is 11.3. The minimum absolute atomic E-state index is 0.0221. The van der Waals surface area contributed by atoms with Crippen molar-refractivity contribution < 1.29 is 14.5 Å². The van der Waals surface area contributed by atoms with Crippen LogP contribution in [0.3, 0.4) is 0 Å². The predicted molar refractivity (Wildman–Crippen MR) is 62.9 cm³/mol. The standard InChI is InChI=1S/C11H14N2O4/c1-8(2)7-17-11(14)12-9-3-5-10(6-4-9)13(15)16/h3-6,8H,7H2,1-2H3,(H,12,14). The molecule has 1 aromatic rings. The number of nitrogens with zero attached hydrogens (tertiary/aromatic N) is 1. The minimum atomic E-state index is -0.562. The summed E-state index contributed by atoms with van der Waals surface area (Å²) in [6, 6.07) is 5.54. The number of rotatable bonds is 4. The van der Waals surface area contributed by atoms with E-state index in [4.69, 9.17) is 4.74 Å². The Hall–Kier alpha value is -2.11. The Morgan fingerprint density at radius 2 is 2.00 bits per heavy atom. The molecule has 1 aromatic carbocycles. The summed E-state index contributed by atoms with van der Waals surface area (Å²) >= 11 is 0. The minimum Gasteiger partial charge on any atom is -0.449 e. The van der Waals surface area contributed by atoms with Crippen LogP contribution in [0.5, 0.6) is 0 Å². The van der Waals surface area contributed by atoms with Gasteiger partial charge in [0.2, 0.25) is 0 Å². The molecule has 0 saturated carbocycles. The number of nitro groups is 1. The van der Waals surface area contributed by atoms with E-state index in [-0.39, 0.29) is 11.6 Å². The molecule has 0 aliphatic carbocycles. The number of carbonyl (C=O) groups is 1. The number of anilines is 1. The van der Waals surface area contributed by atoms with Gasteiger partial charge in [-0.1, -0.05) is 13.8 Å². The van der Waals surface area contributed by atoms with E-state index < -0.39 is 11.0 Å². The molecule has 0 atom stereocenters. The second-order valence-corrected chi connectivity index (χ2v) is 3.92. The van der Waals surface area contributed by atoms with E-state index >= 15 is 0 Å². The third kappa shape index (κ3) is 4.50. The van der Waals surface area contributed by atoms with Gasteiger partial charge < -0.3 is 4.74 Å². The zero-order valence-corrected chi connectivity index (χ0v) is 9.67. The van der Waals surface area contributed by atoms with Crippen molar-refractivity contribution in [3.8, 4) is 0 Å². The fourth-order valence-electron chi connectivity index (χ4n) is 1.06. The largest absolute Gasteiger partial charge is 0.449 e. The fraction of sp³-hybridized carbons (Fsp3) is 0.364. The molecular weight excluding hydrogens is 224 g/mol. The van der Waals surface area contributed by atoms with Crippen LogP contribution in [0.4, 0.5) is 16.2 Å². The van der Waals surface area contributed by atoms with E-state index in [0.717, 1.165) is 0 Å². The first kappa shape index (κ1) is 13.0. The summed E-state index contributed by atoms with van der Waals surface area (Å²) < 4.78 is 4.90. The summed E-state index contributed by atoms with van der Waals surface area (Å²) in [6.45, 7) is 4.19. The summed E-state index contributed by atoms with van der Waals surface area (Å²) in [4.78, 5) is 21.2. The molecule has 0 saturated heterocycles. The number of carbonyl (C=O) groups excluding carboxylic acids is 1. The normalized spacial score (nSPS) is 10.1. The van der Waals surface area contributed by atoms with Gasteiger partial charge in [-0.3, -0.25) is 15.4 Å². The lowest BCUT2D eigenvalue weighted by molar-refractivity contribution is -0.384. The number of ether oxygens (including phenoxy) is 1. The number of nitro benzene ring substituents is 1. The second kappa shape index (κ2) is 5.83. The van der Waals surface area contributed by atoms with Gasteiger partial charge >= 0.3 is 6.09 Å². The average Bonchev–Trinajstić information content (AvgIpc) is 2.27. The van der Waals surface area contributed by atoms with Crippen molar-refractivity contribution in [1.29, 1.82) is 0 Å². The number of nitrogens with one attached hydrogen (secondary N) is 1. The quantitative estimate of drug-likeness (QED) is 0.645. The third-order valence-electron chi connectivity index (χ3n) is 1.87. The molecule has 17 heavy (non-hydrogen) atoms. The molecule has 92 valence electrons. The molecule has 0 unspecified atom stereocenters. The Balaban J connectivity index is 2.51. The summed E-state index contributed by atoms with van der Waals surface area (Å²) in [5, 5.41) is 12.9. The monoisotopic (exact) mass is 238 g/mol. The van der Waals surface area contributed by atoms with Crippen molar-refractivity contribution in [3.63, 3.8) is 0 Å². The van der Waals surface area contributed by atoms with Gasteiger partial charge in [0.1, 0.15) is 0 Å². The van der Waals surface area contributed by atoms with Crippen LogP contribution in [0, 0.1) is 16.0 Å². The lowest BCUT2D eigenvalue weighted by Crippen LogP contribution is -2.16. The van der Waals surface area contributed by atoms with E-state index in [1.54, 1.807) is 0 Å². The molecule has 0 heterocycles. The third-order valence-corrected chi connectivity index (χ3v) is 1.87. The molecule has 6 nitrogen and oxygen atoms in total. The first-order valence-electron chi connectivity index (χ1n) is 5.17. The Labute approximate surface area is 98.7 Å². The van der Waals surface area contributed by atoms with Crippen LogP contribution in [-0.2, 0) is 4.74 Å². The van der Waals surface area contributed by atoms with Gasteiger partial charge in [0.15, 0.2) is 0 Å². The van der Waals surface area contributed by atoms with Crippen molar-refractivity contribution in [1.82, 2.24) is 0 Å². The van der Waals surface area contributed by atoms with E-state index in [2.05, 4.69) is 5.32 Å². The van der Waals surface area contributed by atoms with Gasteiger partial charge in [0.25, 0.3) is 5.69 Å². The zero-order chi connectivity index (χ0) is 12.8. The SMILES string of the molecule is CC(C)COC(=O)Nc1ccc([N+](=O)[O-])cc1. The number of hydrogen-bond donors (Lipinski definition) is 1. The molecular formula is C11H14N2O4.